The monoisotopic (exact) mass is 414 g/mol. The molecule has 8 nitrogen and oxygen atoms in total. The molecule has 1 aromatic rings. The number of benzene rings is 1. The quantitative estimate of drug-likeness (QED) is 0.462. The van der Waals surface area contributed by atoms with Crippen LogP contribution < -0.4 is 5.32 Å². The van der Waals surface area contributed by atoms with Crippen molar-refractivity contribution < 1.29 is 28.7 Å². The van der Waals surface area contributed by atoms with Crippen molar-refractivity contribution in [2.45, 2.75) is 57.9 Å². The van der Waals surface area contributed by atoms with E-state index in [9.17, 15) is 24.0 Å². The highest BCUT2D eigenvalue weighted by molar-refractivity contribution is 6.24. The molecule has 0 radical (unpaired) electrons. The summed E-state index contributed by atoms with van der Waals surface area (Å²) < 4.78 is 5.28. The lowest BCUT2D eigenvalue weighted by molar-refractivity contribution is -0.136. The number of amides is 4. The summed E-state index contributed by atoms with van der Waals surface area (Å²) in [6, 6.07) is 3.83. The molecule has 0 bridgehead atoms. The number of nitrogens with one attached hydrogen (secondary N) is 1. The van der Waals surface area contributed by atoms with Gasteiger partial charge in [-0.2, -0.15) is 0 Å². The van der Waals surface area contributed by atoms with Crippen molar-refractivity contribution in [1.29, 1.82) is 0 Å². The van der Waals surface area contributed by atoms with Gasteiger partial charge in [-0.1, -0.05) is 18.6 Å². The van der Waals surface area contributed by atoms with Crippen LogP contribution in [0.1, 0.15) is 71.7 Å². The third kappa shape index (κ3) is 4.64. The van der Waals surface area contributed by atoms with Gasteiger partial charge < -0.3 is 4.74 Å². The van der Waals surface area contributed by atoms with Crippen molar-refractivity contribution in [3.8, 4) is 0 Å². The molecule has 30 heavy (non-hydrogen) atoms. The van der Waals surface area contributed by atoms with E-state index in [1.807, 2.05) is 6.92 Å². The molecule has 2 aliphatic rings. The maximum absolute atomic E-state index is 13.0. The summed E-state index contributed by atoms with van der Waals surface area (Å²) in [6.07, 6.45) is 3.17. The van der Waals surface area contributed by atoms with Crippen LogP contribution in [0.5, 0.6) is 0 Å². The molecule has 0 spiro atoms. The fourth-order valence-electron chi connectivity index (χ4n) is 3.88. The van der Waals surface area contributed by atoms with Crippen molar-refractivity contribution in [1.82, 2.24) is 10.2 Å². The second kappa shape index (κ2) is 9.75. The summed E-state index contributed by atoms with van der Waals surface area (Å²) in [6.45, 7) is 3.31. The van der Waals surface area contributed by atoms with Crippen molar-refractivity contribution in [3.63, 3.8) is 0 Å². The minimum Gasteiger partial charge on any atom is -0.382 e. The predicted octanol–water partition coefficient (Wildman–Crippen LogP) is 1.80. The van der Waals surface area contributed by atoms with Crippen LogP contribution in [0.4, 0.5) is 0 Å². The van der Waals surface area contributed by atoms with Gasteiger partial charge in [0.2, 0.25) is 11.8 Å². The van der Waals surface area contributed by atoms with Crippen LogP contribution in [0.2, 0.25) is 0 Å². The fraction of sp³-hybridized carbons (Fsp3) is 0.500. The van der Waals surface area contributed by atoms with Crippen LogP contribution in [-0.4, -0.2) is 53.6 Å². The van der Waals surface area contributed by atoms with Crippen LogP contribution in [-0.2, 0) is 25.5 Å². The number of nitrogens with zero attached hydrogens (tertiary/aromatic N) is 1. The second-order valence-electron chi connectivity index (χ2n) is 7.51. The Morgan fingerprint density at radius 1 is 1.13 bits per heavy atom. The number of Topliss-reactive ketones (excluding diaryl/α,β-unsaturated/α-hetero) is 1. The average Bonchev–Trinajstić information content (AvgIpc) is 2.96. The van der Waals surface area contributed by atoms with Gasteiger partial charge in [-0.15, -0.1) is 0 Å². The summed E-state index contributed by atoms with van der Waals surface area (Å²) in [5.74, 6) is -2.20. The first-order chi connectivity index (χ1) is 14.4. The number of carbonyl (C=O) groups is 5. The zero-order valence-corrected chi connectivity index (χ0v) is 17.1. The van der Waals surface area contributed by atoms with E-state index in [0.717, 1.165) is 24.2 Å². The standard InChI is InChI=1S/C22H26N2O6/c1-2-30-12-5-3-4-8-15(25)13-14-7-6-9-16-19(14)22(29)24(21(16)28)17-10-11-18(26)23-20(17)27/h6-7,9,17H,2-5,8,10-13H2,1H3,(H,23,26,27). The Balaban J connectivity index is 1.67. The first kappa shape index (κ1) is 21.8. The van der Waals surface area contributed by atoms with E-state index in [2.05, 4.69) is 5.32 Å². The highest BCUT2D eigenvalue weighted by Crippen LogP contribution is 2.30. The third-order valence-electron chi connectivity index (χ3n) is 5.39. The number of imide groups is 2. The van der Waals surface area contributed by atoms with Crippen molar-refractivity contribution in [3.05, 3.63) is 34.9 Å². The molecule has 1 fully saturated rings. The molecule has 2 heterocycles. The molecule has 3 rings (SSSR count). The summed E-state index contributed by atoms with van der Waals surface area (Å²) in [7, 11) is 0. The van der Waals surface area contributed by atoms with Gasteiger partial charge >= 0.3 is 0 Å². The van der Waals surface area contributed by atoms with Gasteiger partial charge in [0.15, 0.2) is 0 Å². The number of rotatable bonds is 10. The van der Waals surface area contributed by atoms with Crippen LogP contribution in [0.25, 0.3) is 0 Å². The van der Waals surface area contributed by atoms with Gasteiger partial charge in [0.1, 0.15) is 11.8 Å². The topological polar surface area (TPSA) is 110 Å². The maximum atomic E-state index is 13.0. The van der Waals surface area contributed by atoms with Crippen LogP contribution in [0.3, 0.4) is 0 Å². The van der Waals surface area contributed by atoms with Crippen LogP contribution in [0, 0.1) is 0 Å². The van der Waals surface area contributed by atoms with Gasteiger partial charge in [0.25, 0.3) is 11.8 Å². The molecule has 1 aromatic carbocycles. The van der Waals surface area contributed by atoms with E-state index in [0.29, 0.717) is 25.2 Å². The number of carbonyl (C=O) groups excluding carboxylic acids is 5. The Morgan fingerprint density at radius 2 is 1.93 bits per heavy atom. The lowest BCUT2D eigenvalue weighted by Gasteiger charge is -2.27. The molecule has 4 amide bonds. The summed E-state index contributed by atoms with van der Waals surface area (Å²) in [4.78, 5) is 62.7. The summed E-state index contributed by atoms with van der Waals surface area (Å²) in [5, 5.41) is 2.18. The second-order valence-corrected chi connectivity index (χ2v) is 7.51. The van der Waals surface area contributed by atoms with Crippen molar-refractivity contribution >= 4 is 29.4 Å². The molecule has 1 saturated heterocycles. The fourth-order valence-corrected chi connectivity index (χ4v) is 3.88. The van der Waals surface area contributed by atoms with Gasteiger partial charge in [0.05, 0.1) is 11.1 Å². The Kier molecular flexibility index (Phi) is 7.10. The highest BCUT2D eigenvalue weighted by atomic mass is 16.5. The summed E-state index contributed by atoms with van der Waals surface area (Å²) in [5.41, 5.74) is 0.892. The molecule has 8 heteroatoms. The normalized spacial score (nSPS) is 18.6. The molecule has 1 unspecified atom stereocenters. The van der Waals surface area contributed by atoms with E-state index in [-0.39, 0.29) is 36.2 Å². The SMILES string of the molecule is CCOCCCCCC(=O)Cc1cccc2c1C(=O)N(C1CCC(=O)NC1=O)C2=O. The van der Waals surface area contributed by atoms with E-state index >= 15 is 0 Å². The Morgan fingerprint density at radius 3 is 2.67 bits per heavy atom. The van der Waals surface area contributed by atoms with E-state index < -0.39 is 29.7 Å². The van der Waals surface area contributed by atoms with Crippen LogP contribution >= 0.6 is 0 Å². The number of hydrogen-bond acceptors (Lipinski definition) is 6. The van der Waals surface area contributed by atoms with E-state index in [1.54, 1.807) is 12.1 Å². The Bertz CT molecular complexity index is 878. The minimum atomic E-state index is -1.01. The predicted molar refractivity (Wildman–Crippen MR) is 107 cm³/mol. The van der Waals surface area contributed by atoms with Crippen LogP contribution in [0.15, 0.2) is 18.2 Å². The van der Waals surface area contributed by atoms with Gasteiger partial charge in [-0.05, 0) is 37.8 Å². The Hall–Kier alpha value is -2.87. The summed E-state index contributed by atoms with van der Waals surface area (Å²) >= 11 is 0. The van der Waals surface area contributed by atoms with E-state index in [1.165, 1.54) is 6.07 Å². The molecule has 0 saturated carbocycles. The first-order valence-corrected chi connectivity index (χ1v) is 10.4. The van der Waals surface area contributed by atoms with Gasteiger partial charge in [-0.25, -0.2) is 0 Å². The molecular weight excluding hydrogens is 388 g/mol. The number of piperidine rings is 1. The maximum Gasteiger partial charge on any atom is 0.262 e. The largest absolute Gasteiger partial charge is 0.382 e. The smallest absolute Gasteiger partial charge is 0.262 e. The number of ketones is 1. The molecular formula is C22H26N2O6. The number of hydrogen-bond donors (Lipinski definition) is 1. The average molecular weight is 414 g/mol. The lowest BCUT2D eigenvalue weighted by Crippen LogP contribution is -2.54. The number of fused-ring (bicyclic) bond motifs is 1. The zero-order valence-electron chi connectivity index (χ0n) is 17.1. The Labute approximate surface area is 174 Å². The number of unbranched alkanes of at least 4 members (excludes halogenated alkanes) is 2. The zero-order chi connectivity index (χ0) is 21.7. The van der Waals surface area contributed by atoms with Crippen molar-refractivity contribution in [2.75, 3.05) is 13.2 Å². The highest BCUT2D eigenvalue weighted by Gasteiger charge is 2.45. The molecule has 1 N–H and O–H groups in total. The molecule has 0 aliphatic carbocycles. The van der Waals surface area contributed by atoms with Gasteiger partial charge in [-0.3, -0.25) is 34.2 Å². The molecule has 2 aliphatic heterocycles. The third-order valence-corrected chi connectivity index (χ3v) is 5.39. The molecule has 0 aromatic heterocycles. The number of ether oxygens (including phenoxy) is 1. The lowest BCUT2D eigenvalue weighted by atomic mass is 9.97. The first-order valence-electron chi connectivity index (χ1n) is 10.4. The molecule has 160 valence electrons. The minimum absolute atomic E-state index is 0.000449. The van der Waals surface area contributed by atoms with E-state index in [4.69, 9.17) is 4.74 Å². The van der Waals surface area contributed by atoms with Gasteiger partial charge in [0, 0.05) is 32.5 Å². The molecule has 1 atom stereocenters. The van der Waals surface area contributed by atoms with Crippen molar-refractivity contribution in [2.24, 2.45) is 0 Å².